The second kappa shape index (κ2) is 6.82. The van der Waals surface area contributed by atoms with Crippen LogP contribution in [0.4, 0.5) is 0 Å². The first-order valence-electron chi connectivity index (χ1n) is 6.56. The molecule has 0 radical (unpaired) electrons. The molecule has 1 amide bonds. The third-order valence-electron chi connectivity index (χ3n) is 3.07. The largest absolute Gasteiger partial charge is 0.350 e. The molecule has 2 rings (SSSR count). The highest BCUT2D eigenvalue weighted by Gasteiger charge is 2.22. The number of carbonyl (C=O) groups is 1. The van der Waals surface area contributed by atoms with E-state index in [1.807, 2.05) is 61.5 Å². The third kappa shape index (κ3) is 3.65. The highest BCUT2D eigenvalue weighted by molar-refractivity contribution is 5.83. The van der Waals surface area contributed by atoms with Crippen molar-refractivity contribution in [2.24, 2.45) is 0 Å². The van der Waals surface area contributed by atoms with Gasteiger partial charge in [-0.15, -0.1) is 0 Å². The number of pyridine rings is 1. The van der Waals surface area contributed by atoms with Crippen LogP contribution in [0.15, 0.2) is 54.9 Å². The van der Waals surface area contributed by atoms with Gasteiger partial charge in [0, 0.05) is 18.9 Å². The Morgan fingerprint density at radius 1 is 1.20 bits per heavy atom. The van der Waals surface area contributed by atoms with Crippen molar-refractivity contribution in [2.75, 3.05) is 14.1 Å². The predicted octanol–water partition coefficient (Wildman–Crippen LogP) is 2.00. The maximum absolute atomic E-state index is 12.4. The summed E-state index contributed by atoms with van der Waals surface area (Å²) in [5, 5.41) is 2.97. The van der Waals surface area contributed by atoms with Gasteiger partial charge in [-0.3, -0.25) is 14.7 Å². The second-order valence-corrected chi connectivity index (χ2v) is 4.86. The zero-order chi connectivity index (χ0) is 14.4. The van der Waals surface area contributed by atoms with Gasteiger partial charge in [0.25, 0.3) is 0 Å². The Kier molecular flexibility index (Phi) is 4.85. The van der Waals surface area contributed by atoms with E-state index in [-0.39, 0.29) is 11.9 Å². The quantitative estimate of drug-likeness (QED) is 0.903. The number of amides is 1. The van der Waals surface area contributed by atoms with Gasteiger partial charge in [-0.1, -0.05) is 36.4 Å². The lowest BCUT2D eigenvalue weighted by Crippen LogP contribution is -2.36. The van der Waals surface area contributed by atoms with Crippen LogP contribution in [-0.2, 0) is 11.3 Å². The molecule has 0 fully saturated rings. The zero-order valence-corrected chi connectivity index (χ0v) is 11.8. The van der Waals surface area contributed by atoms with Gasteiger partial charge in [0.15, 0.2) is 0 Å². The third-order valence-corrected chi connectivity index (χ3v) is 3.07. The van der Waals surface area contributed by atoms with Gasteiger partial charge in [-0.25, -0.2) is 0 Å². The highest BCUT2D eigenvalue weighted by Crippen LogP contribution is 2.17. The summed E-state index contributed by atoms with van der Waals surface area (Å²) in [4.78, 5) is 18.3. The molecule has 0 aliphatic heterocycles. The molecule has 2 aromatic rings. The molecule has 1 aromatic carbocycles. The average molecular weight is 269 g/mol. The van der Waals surface area contributed by atoms with Gasteiger partial charge < -0.3 is 5.32 Å². The molecule has 1 heterocycles. The Morgan fingerprint density at radius 3 is 2.55 bits per heavy atom. The first-order valence-corrected chi connectivity index (χ1v) is 6.56. The van der Waals surface area contributed by atoms with Crippen molar-refractivity contribution in [2.45, 2.75) is 12.6 Å². The summed E-state index contributed by atoms with van der Waals surface area (Å²) in [6.07, 6.45) is 3.44. The molecule has 20 heavy (non-hydrogen) atoms. The molecule has 1 unspecified atom stereocenters. The summed E-state index contributed by atoms with van der Waals surface area (Å²) < 4.78 is 0. The first kappa shape index (κ1) is 14.2. The van der Waals surface area contributed by atoms with Crippen LogP contribution in [0.2, 0.25) is 0 Å². The molecule has 0 aliphatic rings. The van der Waals surface area contributed by atoms with E-state index < -0.39 is 0 Å². The molecule has 4 nitrogen and oxygen atoms in total. The minimum absolute atomic E-state index is 0.0214. The number of benzene rings is 1. The molecule has 4 heteroatoms. The van der Waals surface area contributed by atoms with Gasteiger partial charge in [-0.2, -0.15) is 0 Å². The summed E-state index contributed by atoms with van der Waals surface area (Å²) >= 11 is 0. The van der Waals surface area contributed by atoms with Gasteiger partial charge in [0.05, 0.1) is 0 Å². The van der Waals surface area contributed by atoms with E-state index in [0.717, 1.165) is 11.1 Å². The maximum atomic E-state index is 12.4. The molecular weight excluding hydrogens is 250 g/mol. The zero-order valence-electron chi connectivity index (χ0n) is 11.8. The summed E-state index contributed by atoms with van der Waals surface area (Å²) in [7, 11) is 3.78. The normalized spacial score (nSPS) is 12.2. The van der Waals surface area contributed by atoms with Gasteiger partial charge in [0.1, 0.15) is 6.04 Å². The van der Waals surface area contributed by atoms with E-state index in [1.54, 1.807) is 12.4 Å². The lowest BCUT2D eigenvalue weighted by atomic mass is 10.1. The van der Waals surface area contributed by atoms with Crippen LogP contribution in [0.25, 0.3) is 0 Å². The minimum Gasteiger partial charge on any atom is -0.350 e. The SMILES string of the molecule is CN(C)C(C(=O)NCc1ccccc1)c1cccnc1. The highest BCUT2D eigenvalue weighted by atomic mass is 16.2. The molecule has 1 atom stereocenters. The van der Waals surface area contributed by atoms with E-state index in [1.165, 1.54) is 0 Å². The van der Waals surface area contributed by atoms with Crippen molar-refractivity contribution in [1.82, 2.24) is 15.2 Å². The summed E-state index contributed by atoms with van der Waals surface area (Å²) in [6, 6.07) is 13.3. The number of hydrogen-bond acceptors (Lipinski definition) is 3. The van der Waals surface area contributed by atoms with E-state index in [0.29, 0.717) is 6.54 Å². The van der Waals surface area contributed by atoms with Crippen LogP contribution in [0.5, 0.6) is 0 Å². The predicted molar refractivity (Wildman–Crippen MR) is 79.0 cm³/mol. The maximum Gasteiger partial charge on any atom is 0.242 e. The summed E-state index contributed by atoms with van der Waals surface area (Å²) in [6.45, 7) is 0.532. The van der Waals surface area contributed by atoms with Crippen molar-refractivity contribution in [3.63, 3.8) is 0 Å². The average Bonchev–Trinajstić information content (AvgIpc) is 2.47. The van der Waals surface area contributed by atoms with Crippen molar-refractivity contribution in [3.8, 4) is 0 Å². The smallest absolute Gasteiger partial charge is 0.242 e. The van der Waals surface area contributed by atoms with Gasteiger partial charge in [-0.05, 0) is 31.3 Å². The van der Waals surface area contributed by atoms with Gasteiger partial charge in [0.2, 0.25) is 5.91 Å². The number of hydrogen-bond donors (Lipinski definition) is 1. The second-order valence-electron chi connectivity index (χ2n) is 4.86. The lowest BCUT2D eigenvalue weighted by molar-refractivity contribution is -0.125. The fourth-order valence-corrected chi connectivity index (χ4v) is 2.10. The number of nitrogens with one attached hydrogen (secondary N) is 1. The van der Waals surface area contributed by atoms with E-state index in [2.05, 4.69) is 10.3 Å². The molecule has 1 N–H and O–H groups in total. The van der Waals surface area contributed by atoms with Crippen LogP contribution in [0, 0.1) is 0 Å². The van der Waals surface area contributed by atoms with Crippen molar-refractivity contribution >= 4 is 5.91 Å². The van der Waals surface area contributed by atoms with Crippen molar-refractivity contribution < 1.29 is 4.79 Å². The fourth-order valence-electron chi connectivity index (χ4n) is 2.10. The monoisotopic (exact) mass is 269 g/mol. The molecule has 1 aromatic heterocycles. The lowest BCUT2D eigenvalue weighted by Gasteiger charge is -2.23. The fraction of sp³-hybridized carbons (Fsp3) is 0.250. The molecule has 0 aliphatic carbocycles. The van der Waals surface area contributed by atoms with Crippen LogP contribution < -0.4 is 5.32 Å². The Balaban J connectivity index is 2.05. The standard InChI is InChI=1S/C16H19N3O/c1-19(2)15(14-9-6-10-17-12-14)16(20)18-11-13-7-4-3-5-8-13/h3-10,12,15H,11H2,1-2H3,(H,18,20). The number of likely N-dealkylation sites (N-methyl/N-ethyl adjacent to an activating group) is 1. The molecular formula is C16H19N3O. The van der Waals surface area contributed by atoms with E-state index in [4.69, 9.17) is 0 Å². The topological polar surface area (TPSA) is 45.2 Å². The number of nitrogens with zero attached hydrogens (tertiary/aromatic N) is 2. The summed E-state index contributed by atoms with van der Waals surface area (Å²) in [5.74, 6) is -0.0214. The van der Waals surface area contributed by atoms with E-state index in [9.17, 15) is 4.79 Å². The van der Waals surface area contributed by atoms with Crippen LogP contribution in [0.1, 0.15) is 17.2 Å². The van der Waals surface area contributed by atoms with Crippen LogP contribution in [0.3, 0.4) is 0 Å². The van der Waals surface area contributed by atoms with Crippen LogP contribution in [-0.4, -0.2) is 29.9 Å². The Bertz CT molecular complexity index is 540. The minimum atomic E-state index is -0.326. The molecule has 0 spiro atoms. The van der Waals surface area contributed by atoms with Crippen molar-refractivity contribution in [1.29, 1.82) is 0 Å². The molecule has 104 valence electrons. The van der Waals surface area contributed by atoms with E-state index >= 15 is 0 Å². The summed E-state index contributed by atoms with van der Waals surface area (Å²) in [5.41, 5.74) is 1.98. The Hall–Kier alpha value is -2.20. The molecule has 0 saturated heterocycles. The van der Waals surface area contributed by atoms with Crippen molar-refractivity contribution in [3.05, 3.63) is 66.0 Å². The first-order chi connectivity index (χ1) is 9.68. The number of aromatic nitrogens is 1. The van der Waals surface area contributed by atoms with Crippen LogP contribution >= 0.6 is 0 Å². The van der Waals surface area contributed by atoms with Gasteiger partial charge >= 0.3 is 0 Å². The number of rotatable bonds is 5. The molecule has 0 bridgehead atoms. The Labute approximate surface area is 119 Å². The molecule has 0 saturated carbocycles. The number of carbonyl (C=O) groups excluding carboxylic acids is 1. The Morgan fingerprint density at radius 2 is 1.95 bits per heavy atom.